The van der Waals surface area contributed by atoms with Gasteiger partial charge in [0.25, 0.3) is 0 Å². The third-order valence-electron chi connectivity index (χ3n) is 6.09. The Morgan fingerprint density at radius 1 is 1.36 bits per heavy atom. The van der Waals surface area contributed by atoms with Crippen molar-refractivity contribution in [1.29, 1.82) is 0 Å². The van der Waals surface area contributed by atoms with Crippen LogP contribution in [0.4, 0.5) is 0 Å². The van der Waals surface area contributed by atoms with Crippen LogP contribution in [0.1, 0.15) is 46.5 Å². The number of aliphatic hydroxyl groups excluding tert-OH is 1. The summed E-state index contributed by atoms with van der Waals surface area (Å²) in [6, 6.07) is 8.66. The van der Waals surface area contributed by atoms with E-state index in [0.29, 0.717) is 23.9 Å². The van der Waals surface area contributed by atoms with Crippen molar-refractivity contribution in [2.45, 2.75) is 52.6 Å². The van der Waals surface area contributed by atoms with Gasteiger partial charge in [-0.2, -0.15) is 0 Å². The average molecular weight is 383 g/mol. The molecule has 1 aromatic heterocycles. The summed E-state index contributed by atoms with van der Waals surface area (Å²) < 4.78 is 11.0. The summed E-state index contributed by atoms with van der Waals surface area (Å²) in [5.41, 5.74) is 2.56. The molecule has 0 saturated heterocycles. The number of fused-ring (bicyclic) bond motifs is 1. The van der Waals surface area contributed by atoms with Crippen molar-refractivity contribution in [3.05, 3.63) is 64.6 Å². The largest absolute Gasteiger partial charge is 0.489 e. The molecule has 4 heteroatoms. The fourth-order valence-corrected chi connectivity index (χ4v) is 4.09. The summed E-state index contributed by atoms with van der Waals surface area (Å²) in [7, 11) is 0. The average Bonchev–Trinajstić information content (AvgIpc) is 2.64. The Morgan fingerprint density at radius 3 is 2.89 bits per heavy atom. The van der Waals surface area contributed by atoms with Crippen molar-refractivity contribution in [2.24, 2.45) is 11.3 Å². The number of ether oxygens (including phenoxy) is 1. The Morgan fingerprint density at radius 2 is 2.11 bits per heavy atom. The minimum atomic E-state index is -0.363. The second-order valence-corrected chi connectivity index (χ2v) is 8.44. The Balaban J connectivity index is 1.56. The zero-order valence-corrected chi connectivity index (χ0v) is 17.0. The van der Waals surface area contributed by atoms with Crippen molar-refractivity contribution in [3.63, 3.8) is 0 Å². The van der Waals surface area contributed by atoms with E-state index in [-0.39, 0.29) is 17.1 Å². The van der Waals surface area contributed by atoms with Crippen LogP contribution in [0.25, 0.3) is 11.0 Å². The standard InChI is InChI=1S/C24H30O4/c1-16(5-10-20-17(2)6-11-22(25)24(20,3)4)13-14-27-19-9-7-18-8-12-23(26)28-21(18)15-19/h7-9,12-13,15,20,22,25H,2,5-6,10-11,14H2,1,3-4H3/t20-,22+/m1/s1. The molecule has 1 aliphatic carbocycles. The van der Waals surface area contributed by atoms with Gasteiger partial charge in [0.2, 0.25) is 0 Å². The third kappa shape index (κ3) is 4.56. The third-order valence-corrected chi connectivity index (χ3v) is 6.09. The minimum Gasteiger partial charge on any atom is -0.489 e. The second-order valence-electron chi connectivity index (χ2n) is 8.44. The summed E-state index contributed by atoms with van der Waals surface area (Å²) in [4.78, 5) is 11.4. The van der Waals surface area contributed by atoms with Crippen LogP contribution in [0.15, 0.2) is 63.3 Å². The van der Waals surface area contributed by atoms with E-state index in [2.05, 4.69) is 33.4 Å². The summed E-state index contributed by atoms with van der Waals surface area (Å²) >= 11 is 0. The minimum absolute atomic E-state index is 0.124. The van der Waals surface area contributed by atoms with E-state index in [0.717, 1.165) is 31.1 Å². The van der Waals surface area contributed by atoms with Gasteiger partial charge in [0.1, 0.15) is 17.9 Å². The monoisotopic (exact) mass is 382 g/mol. The van der Waals surface area contributed by atoms with Crippen molar-refractivity contribution >= 4 is 11.0 Å². The molecule has 150 valence electrons. The molecule has 1 N–H and O–H groups in total. The smallest absolute Gasteiger partial charge is 0.336 e. The van der Waals surface area contributed by atoms with Gasteiger partial charge in [-0.3, -0.25) is 0 Å². The molecule has 0 bridgehead atoms. The first-order chi connectivity index (χ1) is 13.3. The van der Waals surface area contributed by atoms with Gasteiger partial charge in [0, 0.05) is 17.5 Å². The van der Waals surface area contributed by atoms with Gasteiger partial charge in [-0.25, -0.2) is 4.79 Å². The highest BCUT2D eigenvalue weighted by molar-refractivity contribution is 5.77. The number of hydrogen-bond donors (Lipinski definition) is 1. The lowest BCUT2D eigenvalue weighted by Gasteiger charge is -2.44. The molecule has 4 nitrogen and oxygen atoms in total. The van der Waals surface area contributed by atoms with Gasteiger partial charge in [-0.15, -0.1) is 0 Å². The molecule has 1 fully saturated rings. The van der Waals surface area contributed by atoms with E-state index < -0.39 is 0 Å². The van der Waals surface area contributed by atoms with Crippen molar-refractivity contribution in [2.75, 3.05) is 6.61 Å². The quantitative estimate of drug-likeness (QED) is 0.547. The first kappa shape index (κ1) is 20.4. The molecule has 1 aromatic carbocycles. The zero-order chi connectivity index (χ0) is 20.3. The van der Waals surface area contributed by atoms with Crippen molar-refractivity contribution < 1.29 is 14.3 Å². The predicted molar refractivity (Wildman–Crippen MR) is 113 cm³/mol. The maximum absolute atomic E-state index is 11.4. The maximum atomic E-state index is 11.4. The van der Waals surface area contributed by atoms with Crippen LogP contribution in [0, 0.1) is 11.3 Å². The topological polar surface area (TPSA) is 59.7 Å². The van der Waals surface area contributed by atoms with Gasteiger partial charge >= 0.3 is 5.63 Å². The summed E-state index contributed by atoms with van der Waals surface area (Å²) in [5.74, 6) is 1.01. The van der Waals surface area contributed by atoms with Crippen LogP contribution in [-0.4, -0.2) is 17.8 Å². The van der Waals surface area contributed by atoms with Gasteiger partial charge in [0.05, 0.1) is 6.10 Å². The molecule has 28 heavy (non-hydrogen) atoms. The van der Waals surface area contributed by atoms with Crippen molar-refractivity contribution in [3.8, 4) is 5.75 Å². The second kappa shape index (κ2) is 8.36. The van der Waals surface area contributed by atoms with E-state index in [1.807, 2.05) is 12.1 Å². The van der Waals surface area contributed by atoms with E-state index in [4.69, 9.17) is 9.15 Å². The van der Waals surface area contributed by atoms with Crippen LogP contribution >= 0.6 is 0 Å². The van der Waals surface area contributed by atoms with E-state index in [1.54, 1.807) is 12.1 Å². The molecule has 0 spiro atoms. The molecular weight excluding hydrogens is 352 g/mol. The normalized spacial score (nSPS) is 22.4. The first-order valence-electron chi connectivity index (χ1n) is 9.95. The highest BCUT2D eigenvalue weighted by Gasteiger charge is 2.40. The summed E-state index contributed by atoms with van der Waals surface area (Å²) in [6.07, 6.45) is 5.50. The fraction of sp³-hybridized carbons (Fsp3) is 0.458. The zero-order valence-electron chi connectivity index (χ0n) is 17.0. The molecule has 0 unspecified atom stereocenters. The molecule has 0 radical (unpaired) electrons. The van der Waals surface area contributed by atoms with Gasteiger partial charge in [0.15, 0.2) is 0 Å². The Hall–Kier alpha value is -2.33. The molecule has 0 aliphatic heterocycles. The Kier molecular flexibility index (Phi) is 6.09. The maximum Gasteiger partial charge on any atom is 0.336 e. The van der Waals surface area contributed by atoms with Crippen LogP contribution < -0.4 is 10.4 Å². The molecule has 0 amide bonds. The number of hydrogen-bond acceptors (Lipinski definition) is 4. The van der Waals surface area contributed by atoms with Crippen LogP contribution in [0.3, 0.4) is 0 Å². The van der Waals surface area contributed by atoms with Crippen molar-refractivity contribution in [1.82, 2.24) is 0 Å². The van der Waals surface area contributed by atoms with E-state index in [9.17, 15) is 9.90 Å². The molecule has 2 atom stereocenters. The number of rotatable bonds is 6. The van der Waals surface area contributed by atoms with Crippen LogP contribution in [0.2, 0.25) is 0 Å². The Bertz CT molecular complexity index is 935. The van der Waals surface area contributed by atoms with E-state index >= 15 is 0 Å². The van der Waals surface area contributed by atoms with Crippen LogP contribution in [-0.2, 0) is 0 Å². The van der Waals surface area contributed by atoms with E-state index in [1.165, 1.54) is 17.2 Å². The highest BCUT2D eigenvalue weighted by atomic mass is 16.5. The molecule has 1 saturated carbocycles. The fourth-order valence-electron chi connectivity index (χ4n) is 4.09. The van der Waals surface area contributed by atoms with Gasteiger partial charge in [-0.1, -0.05) is 31.6 Å². The summed E-state index contributed by atoms with van der Waals surface area (Å²) in [5, 5.41) is 11.2. The lowest BCUT2D eigenvalue weighted by molar-refractivity contribution is -0.00881. The van der Waals surface area contributed by atoms with Gasteiger partial charge < -0.3 is 14.3 Å². The number of aliphatic hydroxyl groups is 1. The summed E-state index contributed by atoms with van der Waals surface area (Å²) in [6.45, 7) is 11.1. The van der Waals surface area contributed by atoms with Gasteiger partial charge in [-0.05, 0) is 68.2 Å². The highest BCUT2D eigenvalue weighted by Crippen LogP contribution is 2.45. The molecular formula is C24H30O4. The van der Waals surface area contributed by atoms with Crippen LogP contribution in [0.5, 0.6) is 5.75 Å². The predicted octanol–water partition coefficient (Wildman–Crippen LogP) is 5.25. The molecule has 3 rings (SSSR count). The lowest BCUT2D eigenvalue weighted by Crippen LogP contribution is -2.41. The molecule has 2 aromatic rings. The lowest BCUT2D eigenvalue weighted by atomic mass is 9.63. The SMILES string of the molecule is C=C1CC[C@H](O)C(C)(C)[C@@H]1CCC(C)=CCOc1ccc2ccc(=O)oc2c1. The Labute approximate surface area is 166 Å². The number of allylic oxidation sites excluding steroid dienone is 2. The number of benzene rings is 1. The molecule has 1 aliphatic rings. The first-order valence-corrected chi connectivity index (χ1v) is 9.95. The molecule has 1 heterocycles.